The Hall–Kier alpha value is -1.07. The smallest absolute Gasteiger partial charge is 0.243 e. The van der Waals surface area contributed by atoms with Crippen molar-refractivity contribution in [2.75, 3.05) is 18.8 Å². The van der Waals surface area contributed by atoms with Crippen molar-refractivity contribution in [2.45, 2.75) is 45.4 Å². The predicted octanol–water partition coefficient (Wildman–Crippen LogP) is 2.70. The molecule has 112 valence electrons. The van der Waals surface area contributed by atoms with Crippen molar-refractivity contribution in [2.24, 2.45) is 5.41 Å². The molecule has 1 aromatic carbocycles. The largest absolute Gasteiger partial charge is 0.398 e. The van der Waals surface area contributed by atoms with Gasteiger partial charge < -0.3 is 5.73 Å². The molecule has 4 nitrogen and oxygen atoms in total. The van der Waals surface area contributed by atoms with Gasteiger partial charge in [-0.25, -0.2) is 8.42 Å². The van der Waals surface area contributed by atoms with Gasteiger partial charge in [-0.15, -0.1) is 0 Å². The number of anilines is 1. The first-order valence-corrected chi connectivity index (χ1v) is 8.45. The standard InChI is InChI=1S/C15H24N2O2S/c1-11-5-6-13(16)12(2)14(11)20(18,19)17-9-7-15(3,4)8-10-17/h5-6H,7-10,16H2,1-4H3. The van der Waals surface area contributed by atoms with Gasteiger partial charge in [-0.2, -0.15) is 4.31 Å². The summed E-state index contributed by atoms with van der Waals surface area (Å²) in [5.74, 6) is 0. The molecule has 1 saturated heterocycles. The third kappa shape index (κ3) is 2.69. The van der Waals surface area contributed by atoms with Crippen LogP contribution in [0.3, 0.4) is 0 Å². The second kappa shape index (κ2) is 5.04. The Morgan fingerprint density at radius 1 is 1.15 bits per heavy atom. The van der Waals surface area contributed by atoms with E-state index in [0.717, 1.165) is 18.4 Å². The first-order chi connectivity index (χ1) is 9.15. The van der Waals surface area contributed by atoms with Gasteiger partial charge in [0.2, 0.25) is 10.0 Å². The van der Waals surface area contributed by atoms with E-state index in [9.17, 15) is 8.42 Å². The number of benzene rings is 1. The van der Waals surface area contributed by atoms with Crippen molar-refractivity contribution in [3.05, 3.63) is 23.3 Å². The van der Waals surface area contributed by atoms with Gasteiger partial charge in [-0.3, -0.25) is 0 Å². The van der Waals surface area contributed by atoms with Gasteiger partial charge in [0.25, 0.3) is 0 Å². The monoisotopic (exact) mass is 296 g/mol. The second-order valence-electron chi connectivity index (χ2n) is 6.49. The number of piperidine rings is 1. The maximum Gasteiger partial charge on any atom is 0.243 e. The van der Waals surface area contributed by atoms with Crippen LogP contribution in [0.2, 0.25) is 0 Å². The molecule has 0 radical (unpaired) electrons. The van der Waals surface area contributed by atoms with Crippen molar-refractivity contribution in [3.63, 3.8) is 0 Å². The summed E-state index contributed by atoms with van der Waals surface area (Å²) < 4.78 is 27.3. The molecule has 5 heteroatoms. The number of aryl methyl sites for hydroxylation is 1. The van der Waals surface area contributed by atoms with Gasteiger partial charge in [-0.05, 0) is 49.3 Å². The van der Waals surface area contributed by atoms with E-state index < -0.39 is 10.0 Å². The Balaban J connectivity index is 2.40. The number of hydrogen-bond acceptors (Lipinski definition) is 3. The number of hydrogen-bond donors (Lipinski definition) is 1. The summed E-state index contributed by atoms with van der Waals surface area (Å²) in [5.41, 5.74) is 8.06. The fraction of sp³-hybridized carbons (Fsp3) is 0.600. The summed E-state index contributed by atoms with van der Waals surface area (Å²) in [4.78, 5) is 0.386. The lowest BCUT2D eigenvalue weighted by Gasteiger charge is -2.36. The lowest BCUT2D eigenvalue weighted by Crippen LogP contribution is -2.41. The molecule has 20 heavy (non-hydrogen) atoms. The molecular weight excluding hydrogens is 272 g/mol. The third-order valence-corrected chi connectivity index (χ3v) is 6.51. The van der Waals surface area contributed by atoms with Crippen molar-refractivity contribution >= 4 is 15.7 Å². The molecule has 0 unspecified atom stereocenters. The van der Waals surface area contributed by atoms with E-state index in [1.165, 1.54) is 0 Å². The molecule has 0 aliphatic carbocycles. The summed E-state index contributed by atoms with van der Waals surface area (Å²) in [7, 11) is -3.44. The van der Waals surface area contributed by atoms with Crippen LogP contribution in [0.5, 0.6) is 0 Å². The molecule has 2 rings (SSSR count). The minimum Gasteiger partial charge on any atom is -0.398 e. The van der Waals surface area contributed by atoms with Gasteiger partial charge in [0.15, 0.2) is 0 Å². The first-order valence-electron chi connectivity index (χ1n) is 7.01. The summed E-state index contributed by atoms with van der Waals surface area (Å²) in [6.07, 6.45) is 1.79. The zero-order valence-corrected chi connectivity index (χ0v) is 13.5. The minimum absolute atomic E-state index is 0.228. The minimum atomic E-state index is -3.44. The molecule has 0 aromatic heterocycles. The quantitative estimate of drug-likeness (QED) is 0.853. The summed E-state index contributed by atoms with van der Waals surface area (Å²) in [6, 6.07) is 3.55. The maximum absolute atomic E-state index is 12.9. The maximum atomic E-state index is 12.9. The lowest BCUT2D eigenvalue weighted by molar-refractivity contribution is 0.196. The summed E-state index contributed by atoms with van der Waals surface area (Å²) in [5, 5.41) is 0. The second-order valence-corrected chi connectivity index (χ2v) is 8.37. The lowest BCUT2D eigenvalue weighted by atomic mass is 9.83. The van der Waals surface area contributed by atoms with Crippen LogP contribution in [0.1, 0.15) is 37.8 Å². The molecule has 2 N–H and O–H groups in total. The molecular formula is C15H24N2O2S. The van der Waals surface area contributed by atoms with Gasteiger partial charge in [0.1, 0.15) is 0 Å². The number of rotatable bonds is 2. The van der Waals surface area contributed by atoms with E-state index in [1.54, 1.807) is 23.4 Å². The molecule has 1 aliphatic rings. The molecule has 1 fully saturated rings. The van der Waals surface area contributed by atoms with E-state index in [0.29, 0.717) is 29.2 Å². The SMILES string of the molecule is Cc1ccc(N)c(C)c1S(=O)(=O)N1CCC(C)(C)CC1. The van der Waals surface area contributed by atoms with Crippen LogP contribution in [-0.2, 0) is 10.0 Å². The van der Waals surface area contributed by atoms with Crippen LogP contribution in [0.25, 0.3) is 0 Å². The zero-order chi connectivity index (χ0) is 15.1. The average Bonchev–Trinajstić information content (AvgIpc) is 2.33. The van der Waals surface area contributed by atoms with E-state index in [-0.39, 0.29) is 5.41 Å². The first kappa shape index (κ1) is 15.3. The number of sulfonamides is 1. The van der Waals surface area contributed by atoms with Crippen LogP contribution in [0.15, 0.2) is 17.0 Å². The Bertz CT molecular complexity index is 611. The van der Waals surface area contributed by atoms with Crippen molar-refractivity contribution in [3.8, 4) is 0 Å². The highest BCUT2D eigenvalue weighted by Gasteiger charge is 2.34. The fourth-order valence-electron chi connectivity index (χ4n) is 2.70. The highest BCUT2D eigenvalue weighted by molar-refractivity contribution is 7.89. The van der Waals surface area contributed by atoms with Crippen molar-refractivity contribution in [1.29, 1.82) is 0 Å². The predicted molar refractivity (Wildman–Crippen MR) is 82.1 cm³/mol. The fourth-order valence-corrected chi connectivity index (χ4v) is 4.60. The van der Waals surface area contributed by atoms with E-state index >= 15 is 0 Å². The number of nitrogens with zero attached hydrogens (tertiary/aromatic N) is 1. The molecule has 1 aliphatic heterocycles. The number of nitrogen functional groups attached to an aromatic ring is 1. The van der Waals surface area contributed by atoms with Crippen LogP contribution in [-0.4, -0.2) is 25.8 Å². The Labute approximate surface area is 122 Å². The van der Waals surface area contributed by atoms with Gasteiger partial charge >= 0.3 is 0 Å². The van der Waals surface area contributed by atoms with E-state index in [2.05, 4.69) is 13.8 Å². The summed E-state index contributed by atoms with van der Waals surface area (Å²) in [6.45, 7) is 9.16. The van der Waals surface area contributed by atoms with Gasteiger partial charge in [-0.1, -0.05) is 19.9 Å². The van der Waals surface area contributed by atoms with Crippen LogP contribution < -0.4 is 5.73 Å². The van der Waals surface area contributed by atoms with Gasteiger partial charge in [0, 0.05) is 18.8 Å². The topological polar surface area (TPSA) is 63.4 Å². The average molecular weight is 296 g/mol. The highest BCUT2D eigenvalue weighted by Crippen LogP contribution is 2.34. The van der Waals surface area contributed by atoms with Crippen molar-refractivity contribution in [1.82, 2.24) is 4.31 Å². The number of nitrogens with two attached hydrogens (primary N) is 1. The highest BCUT2D eigenvalue weighted by atomic mass is 32.2. The Morgan fingerprint density at radius 2 is 1.70 bits per heavy atom. The molecule has 1 heterocycles. The normalized spacial score (nSPS) is 20.0. The molecule has 1 aromatic rings. The molecule has 0 atom stereocenters. The van der Waals surface area contributed by atoms with Crippen molar-refractivity contribution < 1.29 is 8.42 Å². The summed E-state index contributed by atoms with van der Waals surface area (Å²) >= 11 is 0. The third-order valence-electron chi connectivity index (χ3n) is 4.32. The Kier molecular flexibility index (Phi) is 3.86. The molecule has 0 bridgehead atoms. The molecule has 0 saturated carbocycles. The van der Waals surface area contributed by atoms with E-state index in [1.807, 2.05) is 6.92 Å². The molecule has 0 spiro atoms. The van der Waals surface area contributed by atoms with Crippen LogP contribution in [0, 0.1) is 19.3 Å². The van der Waals surface area contributed by atoms with Gasteiger partial charge in [0.05, 0.1) is 4.90 Å². The molecule has 0 amide bonds. The van der Waals surface area contributed by atoms with Crippen LogP contribution in [0.4, 0.5) is 5.69 Å². The zero-order valence-electron chi connectivity index (χ0n) is 12.7. The Morgan fingerprint density at radius 3 is 2.25 bits per heavy atom. The van der Waals surface area contributed by atoms with Crippen LogP contribution >= 0.6 is 0 Å². The van der Waals surface area contributed by atoms with E-state index in [4.69, 9.17) is 5.73 Å².